The molecule has 0 aliphatic carbocycles. The number of nitrogens with zero attached hydrogens (tertiary/aromatic N) is 1. The second-order valence-corrected chi connectivity index (χ2v) is 5.72. The summed E-state index contributed by atoms with van der Waals surface area (Å²) in [6.07, 6.45) is 0. The molecule has 23 heavy (non-hydrogen) atoms. The van der Waals surface area contributed by atoms with Crippen molar-refractivity contribution in [1.29, 1.82) is 0 Å². The number of aromatic hydroxyl groups is 1. The summed E-state index contributed by atoms with van der Waals surface area (Å²) in [5.41, 5.74) is 6.05. The quantitative estimate of drug-likeness (QED) is 0.680. The number of rotatable bonds is 2. The molecule has 0 radical (unpaired) electrons. The van der Waals surface area contributed by atoms with Crippen LogP contribution in [-0.4, -0.2) is 11.1 Å². The highest BCUT2D eigenvalue weighted by Crippen LogP contribution is 2.41. The van der Waals surface area contributed by atoms with E-state index in [0.717, 1.165) is 15.7 Å². The van der Waals surface area contributed by atoms with Crippen molar-refractivity contribution in [1.82, 2.24) is 0 Å². The van der Waals surface area contributed by atoms with E-state index in [9.17, 15) is 9.90 Å². The van der Waals surface area contributed by atoms with Crippen LogP contribution in [0.15, 0.2) is 54.6 Å². The predicted octanol–water partition coefficient (Wildman–Crippen LogP) is 5.07. The Morgan fingerprint density at radius 2 is 1.61 bits per heavy atom. The average Bonchev–Trinajstić information content (AvgIpc) is 2.52. The maximum absolute atomic E-state index is 12.0. The number of phenolic OH excluding ortho intramolecular Hbond substituents is 1. The minimum atomic E-state index is -0.778. The van der Waals surface area contributed by atoms with Gasteiger partial charge in [-0.1, -0.05) is 53.5 Å². The topological polar surface area (TPSA) is 66.6 Å². The van der Waals surface area contributed by atoms with E-state index in [1.54, 1.807) is 30.3 Å². The van der Waals surface area contributed by atoms with Gasteiger partial charge in [-0.3, -0.25) is 4.90 Å². The van der Waals surface area contributed by atoms with Gasteiger partial charge in [-0.25, -0.2) is 4.79 Å². The van der Waals surface area contributed by atoms with Gasteiger partial charge in [-0.2, -0.15) is 0 Å². The van der Waals surface area contributed by atoms with Gasteiger partial charge in [0.15, 0.2) is 0 Å². The zero-order valence-corrected chi connectivity index (χ0v) is 13.3. The number of carbonyl (C=O) groups is 1. The molecule has 3 aromatic rings. The summed E-state index contributed by atoms with van der Waals surface area (Å²) in [5.74, 6) is -0.0847. The number of nitrogens with two attached hydrogens (primary N) is 1. The van der Waals surface area contributed by atoms with Crippen molar-refractivity contribution in [3.8, 4) is 5.75 Å². The Balaban J connectivity index is 2.25. The molecule has 116 valence electrons. The molecule has 2 amide bonds. The molecule has 0 atom stereocenters. The third-order valence-electron chi connectivity index (χ3n) is 3.48. The summed E-state index contributed by atoms with van der Waals surface area (Å²) in [6, 6.07) is 14.8. The molecule has 0 spiro atoms. The molecule has 4 nitrogen and oxygen atoms in total. The number of fused-ring (bicyclic) bond motifs is 1. The van der Waals surface area contributed by atoms with Crippen LogP contribution in [0.2, 0.25) is 10.0 Å². The molecule has 0 aliphatic heterocycles. The molecule has 0 aromatic heterocycles. The van der Waals surface area contributed by atoms with Crippen molar-refractivity contribution in [2.45, 2.75) is 0 Å². The molecule has 0 aliphatic rings. The first-order valence-corrected chi connectivity index (χ1v) is 7.50. The standard InChI is InChI=1S/C17H12Cl2N2O2/c18-12-6-3-7-13(16(12)19)21(17(20)23)14-8-10-4-1-2-5-11(10)9-15(14)22/h1-9,22H,(H2,20,23). The number of anilines is 2. The van der Waals surface area contributed by atoms with Crippen molar-refractivity contribution < 1.29 is 9.90 Å². The summed E-state index contributed by atoms with van der Waals surface area (Å²) in [7, 11) is 0. The van der Waals surface area contributed by atoms with E-state index >= 15 is 0 Å². The molecule has 0 saturated carbocycles. The van der Waals surface area contributed by atoms with E-state index in [4.69, 9.17) is 28.9 Å². The third kappa shape index (κ3) is 2.79. The summed E-state index contributed by atoms with van der Waals surface area (Å²) >= 11 is 12.2. The average molecular weight is 347 g/mol. The Hall–Kier alpha value is -2.43. The van der Waals surface area contributed by atoms with Crippen molar-refractivity contribution in [2.24, 2.45) is 5.73 Å². The van der Waals surface area contributed by atoms with Crippen molar-refractivity contribution in [3.05, 3.63) is 64.6 Å². The van der Waals surface area contributed by atoms with E-state index < -0.39 is 6.03 Å². The van der Waals surface area contributed by atoms with E-state index in [-0.39, 0.29) is 21.5 Å². The number of phenols is 1. The fourth-order valence-corrected chi connectivity index (χ4v) is 2.81. The zero-order valence-electron chi connectivity index (χ0n) is 11.8. The second-order valence-electron chi connectivity index (χ2n) is 4.93. The van der Waals surface area contributed by atoms with Crippen molar-refractivity contribution in [2.75, 3.05) is 4.90 Å². The Kier molecular flexibility index (Phi) is 4.03. The number of primary amides is 1. The molecule has 3 rings (SSSR count). The lowest BCUT2D eigenvalue weighted by atomic mass is 10.1. The predicted molar refractivity (Wildman–Crippen MR) is 93.8 cm³/mol. The van der Waals surface area contributed by atoms with E-state index in [2.05, 4.69) is 0 Å². The van der Waals surface area contributed by atoms with E-state index in [0.29, 0.717) is 5.69 Å². The van der Waals surface area contributed by atoms with Gasteiger partial charge in [0.1, 0.15) is 5.75 Å². The van der Waals surface area contributed by atoms with E-state index in [1.807, 2.05) is 24.3 Å². The molecular weight excluding hydrogens is 335 g/mol. The number of hydrogen-bond donors (Lipinski definition) is 2. The SMILES string of the molecule is NC(=O)N(c1cc2ccccc2cc1O)c1cccc(Cl)c1Cl. The first-order valence-electron chi connectivity index (χ1n) is 6.74. The number of carbonyl (C=O) groups excluding carboxylic acids is 1. The monoisotopic (exact) mass is 346 g/mol. The minimum absolute atomic E-state index is 0.0847. The highest BCUT2D eigenvalue weighted by atomic mass is 35.5. The normalized spacial score (nSPS) is 10.7. The van der Waals surface area contributed by atoms with Crippen LogP contribution in [0.1, 0.15) is 0 Å². The van der Waals surface area contributed by atoms with Crippen LogP contribution in [0.5, 0.6) is 5.75 Å². The zero-order chi connectivity index (χ0) is 16.6. The molecule has 0 heterocycles. The minimum Gasteiger partial charge on any atom is -0.506 e. The molecule has 0 fully saturated rings. The maximum Gasteiger partial charge on any atom is 0.324 e. The van der Waals surface area contributed by atoms with Gasteiger partial charge in [0.05, 0.1) is 21.4 Å². The van der Waals surface area contributed by atoms with Gasteiger partial charge in [-0.05, 0) is 35.0 Å². The molecule has 3 aromatic carbocycles. The van der Waals surface area contributed by atoms with Crippen molar-refractivity contribution in [3.63, 3.8) is 0 Å². The molecule has 0 saturated heterocycles. The van der Waals surface area contributed by atoms with Gasteiger partial charge in [0.25, 0.3) is 0 Å². The van der Waals surface area contributed by atoms with Crippen LogP contribution in [0.25, 0.3) is 10.8 Å². The number of hydrogen-bond acceptors (Lipinski definition) is 2. The number of benzene rings is 3. The first kappa shape index (κ1) is 15.5. The van der Waals surface area contributed by atoms with Crippen LogP contribution in [0, 0.1) is 0 Å². The summed E-state index contributed by atoms with van der Waals surface area (Å²) in [6.45, 7) is 0. The fraction of sp³-hybridized carbons (Fsp3) is 0. The lowest BCUT2D eigenvalue weighted by Gasteiger charge is -2.23. The fourth-order valence-electron chi connectivity index (χ4n) is 2.43. The molecule has 0 bridgehead atoms. The molecular formula is C17H12Cl2N2O2. The molecule has 3 N–H and O–H groups in total. The highest BCUT2D eigenvalue weighted by Gasteiger charge is 2.22. The first-order chi connectivity index (χ1) is 11.0. The lowest BCUT2D eigenvalue weighted by molar-refractivity contribution is 0.256. The molecule has 6 heteroatoms. The Morgan fingerprint density at radius 1 is 0.957 bits per heavy atom. The van der Waals surface area contributed by atoms with Crippen LogP contribution in [0.4, 0.5) is 16.2 Å². The van der Waals surface area contributed by atoms with Crippen LogP contribution in [-0.2, 0) is 0 Å². The van der Waals surface area contributed by atoms with Gasteiger partial charge in [0.2, 0.25) is 0 Å². The number of halogens is 2. The van der Waals surface area contributed by atoms with Gasteiger partial charge < -0.3 is 10.8 Å². The Morgan fingerprint density at radius 3 is 2.26 bits per heavy atom. The smallest absolute Gasteiger partial charge is 0.324 e. The van der Waals surface area contributed by atoms with Crippen LogP contribution < -0.4 is 10.6 Å². The Labute approximate surface area is 142 Å². The van der Waals surface area contributed by atoms with Gasteiger partial charge >= 0.3 is 6.03 Å². The summed E-state index contributed by atoms with van der Waals surface area (Å²) in [5, 5.41) is 12.5. The maximum atomic E-state index is 12.0. The van der Waals surface area contributed by atoms with Crippen LogP contribution >= 0.6 is 23.2 Å². The number of amides is 2. The lowest BCUT2D eigenvalue weighted by Crippen LogP contribution is -2.31. The largest absolute Gasteiger partial charge is 0.506 e. The molecule has 0 unspecified atom stereocenters. The summed E-state index contributed by atoms with van der Waals surface area (Å²) in [4.78, 5) is 13.1. The third-order valence-corrected chi connectivity index (χ3v) is 4.29. The van der Waals surface area contributed by atoms with Gasteiger partial charge in [-0.15, -0.1) is 0 Å². The van der Waals surface area contributed by atoms with Crippen molar-refractivity contribution >= 4 is 51.4 Å². The summed E-state index contributed by atoms with van der Waals surface area (Å²) < 4.78 is 0. The van der Waals surface area contributed by atoms with Crippen LogP contribution in [0.3, 0.4) is 0 Å². The second kappa shape index (κ2) is 5.99. The van der Waals surface area contributed by atoms with Gasteiger partial charge in [0, 0.05) is 0 Å². The highest BCUT2D eigenvalue weighted by molar-refractivity contribution is 6.44. The van der Waals surface area contributed by atoms with E-state index in [1.165, 1.54) is 0 Å². The number of urea groups is 1. The Bertz CT molecular complexity index is 912.